The molecule has 0 aromatic carbocycles. The molecular weight excluding hydrogens is 322 g/mol. The lowest BCUT2D eigenvalue weighted by atomic mass is 9.91. The number of nitrogens with zero attached hydrogens (tertiary/aromatic N) is 1. The van der Waals surface area contributed by atoms with Crippen LogP contribution in [0.3, 0.4) is 0 Å². The standard InChI is InChI=1S/C14H23N3O3S2/c1-14(2,3)10-9(12(19)20-4)22-13(16-10)17-11(18)8(15)6-7-21-5/h8H,6-7,15H2,1-5H3,(H,16,17,18)/t8-/m0/s1. The Hall–Kier alpha value is -1.12. The summed E-state index contributed by atoms with van der Waals surface area (Å²) in [6, 6.07) is -0.587. The van der Waals surface area contributed by atoms with Crippen LogP contribution >= 0.6 is 23.1 Å². The molecule has 1 aromatic rings. The minimum Gasteiger partial charge on any atom is -0.465 e. The van der Waals surface area contributed by atoms with Gasteiger partial charge in [0.2, 0.25) is 5.91 Å². The molecule has 124 valence electrons. The number of thioether (sulfide) groups is 1. The monoisotopic (exact) mass is 345 g/mol. The second kappa shape index (κ2) is 7.94. The molecule has 0 saturated carbocycles. The van der Waals surface area contributed by atoms with Crippen LogP contribution in [0.1, 0.15) is 42.6 Å². The highest BCUT2D eigenvalue weighted by molar-refractivity contribution is 7.98. The third kappa shape index (κ3) is 4.96. The molecule has 0 bridgehead atoms. The number of esters is 1. The van der Waals surface area contributed by atoms with E-state index >= 15 is 0 Å². The number of carbonyl (C=O) groups excluding carboxylic acids is 2. The van der Waals surface area contributed by atoms with Crippen LogP contribution in [-0.4, -0.2) is 42.0 Å². The van der Waals surface area contributed by atoms with Crippen LogP contribution in [0, 0.1) is 0 Å². The van der Waals surface area contributed by atoms with E-state index in [0.717, 1.165) is 17.1 Å². The van der Waals surface area contributed by atoms with Gasteiger partial charge in [0.05, 0.1) is 18.8 Å². The molecule has 0 aliphatic heterocycles. The molecule has 6 nitrogen and oxygen atoms in total. The van der Waals surface area contributed by atoms with Crippen molar-refractivity contribution < 1.29 is 14.3 Å². The van der Waals surface area contributed by atoms with Gasteiger partial charge in [-0.05, 0) is 18.4 Å². The zero-order valence-corrected chi connectivity index (χ0v) is 15.2. The van der Waals surface area contributed by atoms with E-state index in [-0.39, 0.29) is 11.3 Å². The maximum Gasteiger partial charge on any atom is 0.350 e. The summed E-state index contributed by atoms with van der Waals surface area (Å²) in [6.45, 7) is 5.85. The van der Waals surface area contributed by atoms with Gasteiger partial charge in [-0.2, -0.15) is 11.8 Å². The number of ether oxygens (including phenoxy) is 1. The first-order valence-corrected chi connectivity index (χ1v) is 9.06. The molecule has 0 spiro atoms. The maximum absolute atomic E-state index is 12.0. The summed E-state index contributed by atoms with van der Waals surface area (Å²) < 4.78 is 4.78. The molecule has 22 heavy (non-hydrogen) atoms. The highest BCUT2D eigenvalue weighted by Gasteiger charge is 2.28. The number of hydrogen-bond donors (Lipinski definition) is 2. The van der Waals surface area contributed by atoms with Gasteiger partial charge in [0.1, 0.15) is 4.88 Å². The second-order valence-electron chi connectivity index (χ2n) is 5.82. The van der Waals surface area contributed by atoms with Crippen molar-refractivity contribution in [3.63, 3.8) is 0 Å². The summed E-state index contributed by atoms with van der Waals surface area (Å²) >= 11 is 2.75. The topological polar surface area (TPSA) is 94.3 Å². The zero-order valence-electron chi connectivity index (χ0n) is 13.6. The van der Waals surface area contributed by atoms with Crippen LogP contribution in [0.2, 0.25) is 0 Å². The van der Waals surface area contributed by atoms with E-state index in [0.29, 0.717) is 22.1 Å². The van der Waals surface area contributed by atoms with E-state index in [2.05, 4.69) is 10.3 Å². The van der Waals surface area contributed by atoms with Crippen LogP contribution in [0.25, 0.3) is 0 Å². The van der Waals surface area contributed by atoms with Crippen molar-refractivity contribution in [2.75, 3.05) is 24.4 Å². The van der Waals surface area contributed by atoms with E-state index in [1.807, 2.05) is 27.0 Å². The molecule has 3 N–H and O–H groups in total. The quantitative estimate of drug-likeness (QED) is 0.768. The molecule has 1 amide bonds. The van der Waals surface area contributed by atoms with Crippen molar-refractivity contribution in [1.29, 1.82) is 0 Å². The van der Waals surface area contributed by atoms with Crippen molar-refractivity contribution in [1.82, 2.24) is 4.98 Å². The molecule has 0 aliphatic rings. The lowest BCUT2D eigenvalue weighted by molar-refractivity contribution is -0.117. The fraction of sp³-hybridized carbons (Fsp3) is 0.643. The Morgan fingerprint density at radius 2 is 2.09 bits per heavy atom. The number of nitrogens with two attached hydrogens (primary N) is 1. The van der Waals surface area contributed by atoms with E-state index in [9.17, 15) is 9.59 Å². The number of rotatable bonds is 6. The minimum absolute atomic E-state index is 0.292. The lowest BCUT2D eigenvalue weighted by Gasteiger charge is -2.16. The van der Waals surface area contributed by atoms with Gasteiger partial charge in [0.25, 0.3) is 0 Å². The van der Waals surface area contributed by atoms with Crippen LogP contribution in [0.5, 0.6) is 0 Å². The van der Waals surface area contributed by atoms with Crippen molar-refractivity contribution in [2.45, 2.75) is 38.6 Å². The summed E-state index contributed by atoms with van der Waals surface area (Å²) in [5.41, 5.74) is 6.11. The highest BCUT2D eigenvalue weighted by atomic mass is 32.2. The van der Waals surface area contributed by atoms with Crippen LogP contribution in [-0.2, 0) is 14.9 Å². The van der Waals surface area contributed by atoms with Gasteiger partial charge in [0, 0.05) is 5.41 Å². The van der Waals surface area contributed by atoms with Gasteiger partial charge < -0.3 is 15.8 Å². The first-order valence-electron chi connectivity index (χ1n) is 6.85. The number of methoxy groups -OCH3 is 1. The van der Waals surface area contributed by atoms with E-state index < -0.39 is 12.0 Å². The largest absolute Gasteiger partial charge is 0.465 e. The maximum atomic E-state index is 12.0. The Kier molecular flexibility index (Phi) is 6.83. The van der Waals surface area contributed by atoms with E-state index in [1.54, 1.807) is 11.8 Å². The molecular formula is C14H23N3O3S2. The Labute approximate surface area is 139 Å². The zero-order chi connectivity index (χ0) is 16.9. The fourth-order valence-corrected chi connectivity index (χ4v) is 3.27. The third-order valence-electron chi connectivity index (χ3n) is 2.91. The predicted octanol–water partition coefficient (Wildman–Crippen LogP) is 2.25. The smallest absolute Gasteiger partial charge is 0.350 e. The number of nitrogens with one attached hydrogen (secondary N) is 1. The molecule has 0 fully saturated rings. The van der Waals surface area contributed by atoms with Gasteiger partial charge in [-0.3, -0.25) is 4.79 Å². The van der Waals surface area contributed by atoms with Gasteiger partial charge >= 0.3 is 5.97 Å². The van der Waals surface area contributed by atoms with Gasteiger partial charge in [0.15, 0.2) is 5.13 Å². The van der Waals surface area contributed by atoms with Gasteiger partial charge in [-0.1, -0.05) is 32.1 Å². The first-order chi connectivity index (χ1) is 10.2. The van der Waals surface area contributed by atoms with E-state index in [4.69, 9.17) is 10.5 Å². The van der Waals surface area contributed by atoms with Gasteiger partial charge in [-0.15, -0.1) is 0 Å². The molecule has 1 aromatic heterocycles. The molecule has 8 heteroatoms. The molecule has 0 unspecified atom stereocenters. The molecule has 0 aliphatic carbocycles. The summed E-state index contributed by atoms with van der Waals surface area (Å²) in [5, 5.41) is 3.06. The first kappa shape index (κ1) is 18.9. The summed E-state index contributed by atoms with van der Waals surface area (Å²) in [6.07, 6.45) is 2.55. The van der Waals surface area contributed by atoms with Crippen molar-refractivity contribution in [3.8, 4) is 0 Å². The van der Waals surface area contributed by atoms with Gasteiger partial charge in [-0.25, -0.2) is 9.78 Å². The minimum atomic E-state index is -0.587. The Balaban J connectivity index is 2.95. The number of hydrogen-bond acceptors (Lipinski definition) is 7. The molecule has 0 saturated heterocycles. The number of thiazole rings is 1. The molecule has 0 radical (unpaired) electrons. The summed E-state index contributed by atoms with van der Waals surface area (Å²) in [4.78, 5) is 28.7. The van der Waals surface area contributed by atoms with Crippen LogP contribution in [0.15, 0.2) is 0 Å². The normalized spacial score (nSPS) is 12.8. The lowest BCUT2D eigenvalue weighted by Crippen LogP contribution is -2.36. The SMILES string of the molecule is COC(=O)c1sc(NC(=O)[C@@H](N)CCSC)nc1C(C)(C)C. The average molecular weight is 345 g/mol. The number of aromatic nitrogens is 1. The second-order valence-corrected chi connectivity index (χ2v) is 7.80. The molecule has 1 heterocycles. The summed E-state index contributed by atoms with van der Waals surface area (Å²) in [7, 11) is 1.32. The van der Waals surface area contributed by atoms with Crippen molar-refractivity contribution in [3.05, 3.63) is 10.6 Å². The Bertz CT molecular complexity index is 538. The number of amides is 1. The molecule has 1 rings (SSSR count). The Morgan fingerprint density at radius 3 is 2.59 bits per heavy atom. The average Bonchev–Trinajstić information content (AvgIpc) is 2.87. The number of anilines is 1. The fourth-order valence-electron chi connectivity index (χ4n) is 1.69. The van der Waals surface area contributed by atoms with Crippen LogP contribution in [0.4, 0.5) is 5.13 Å². The molecule has 1 atom stereocenters. The predicted molar refractivity (Wildman–Crippen MR) is 91.8 cm³/mol. The van der Waals surface area contributed by atoms with E-state index in [1.165, 1.54) is 7.11 Å². The van der Waals surface area contributed by atoms with Crippen LogP contribution < -0.4 is 11.1 Å². The third-order valence-corrected chi connectivity index (χ3v) is 4.50. The van der Waals surface area contributed by atoms with Crippen molar-refractivity contribution >= 4 is 40.1 Å². The summed E-state index contributed by atoms with van der Waals surface area (Å²) in [5.74, 6) is 0.0712. The highest BCUT2D eigenvalue weighted by Crippen LogP contribution is 2.32. The number of carbonyl (C=O) groups is 2. The van der Waals surface area contributed by atoms with Crippen molar-refractivity contribution in [2.24, 2.45) is 5.73 Å². The Morgan fingerprint density at radius 1 is 1.45 bits per heavy atom.